The van der Waals surface area contributed by atoms with Crippen LogP contribution in [0.15, 0.2) is 35.5 Å². The van der Waals surface area contributed by atoms with Crippen molar-refractivity contribution in [2.45, 2.75) is 24.5 Å². The lowest BCUT2D eigenvalue weighted by molar-refractivity contribution is -0.130. The predicted octanol–water partition coefficient (Wildman–Crippen LogP) is 3.25. The van der Waals surface area contributed by atoms with Gasteiger partial charge >= 0.3 is 0 Å². The molecule has 1 fully saturated rings. The maximum absolute atomic E-state index is 11.9. The monoisotopic (exact) mass is 265 g/mol. The number of thioether (sulfide) groups is 1. The number of hydrogen-bond donors (Lipinski definition) is 0. The van der Waals surface area contributed by atoms with Gasteiger partial charge in [0.05, 0.1) is 11.5 Å². The van der Waals surface area contributed by atoms with Crippen LogP contribution < -0.4 is 0 Å². The van der Waals surface area contributed by atoms with Crippen LogP contribution in [0, 0.1) is 0 Å². The van der Waals surface area contributed by atoms with E-state index in [1.807, 2.05) is 28.8 Å². The van der Waals surface area contributed by atoms with Gasteiger partial charge in [-0.15, -0.1) is 18.3 Å². The highest BCUT2D eigenvalue weighted by molar-refractivity contribution is 7.99. The van der Waals surface area contributed by atoms with Crippen molar-refractivity contribution in [3.05, 3.63) is 36.8 Å². The molecule has 2 rings (SSSR count). The Kier molecular flexibility index (Phi) is 4.93. The molecule has 0 radical (unpaired) electrons. The first-order valence-electron chi connectivity index (χ1n) is 6.35. The average molecular weight is 265 g/mol. The van der Waals surface area contributed by atoms with Gasteiger partial charge in [0.25, 0.3) is 0 Å². The van der Waals surface area contributed by atoms with Crippen molar-refractivity contribution in [1.29, 1.82) is 0 Å². The standard InChI is InChI=1S/C14H19NO2S/c1-2-3-6-14(16)15-8-7-13(18-11-9-15)12-5-4-10-17-12/h2,4-5,10,13H,1,3,6-9,11H2/t13-/m1/s1. The van der Waals surface area contributed by atoms with E-state index < -0.39 is 0 Å². The van der Waals surface area contributed by atoms with E-state index in [-0.39, 0.29) is 5.91 Å². The minimum absolute atomic E-state index is 0.246. The smallest absolute Gasteiger partial charge is 0.222 e. The summed E-state index contributed by atoms with van der Waals surface area (Å²) in [5, 5.41) is 0.386. The molecule has 1 aromatic heterocycles. The van der Waals surface area contributed by atoms with Gasteiger partial charge in [0.15, 0.2) is 0 Å². The Bertz CT molecular complexity index is 389. The summed E-state index contributed by atoms with van der Waals surface area (Å²) < 4.78 is 5.45. The minimum atomic E-state index is 0.246. The summed E-state index contributed by atoms with van der Waals surface area (Å²) in [5.74, 6) is 2.25. The molecule has 2 heterocycles. The number of rotatable bonds is 4. The summed E-state index contributed by atoms with van der Waals surface area (Å²) in [4.78, 5) is 13.9. The maximum Gasteiger partial charge on any atom is 0.222 e. The van der Waals surface area contributed by atoms with Crippen LogP contribution in [0.3, 0.4) is 0 Å². The lowest BCUT2D eigenvalue weighted by atomic mass is 10.2. The first-order valence-corrected chi connectivity index (χ1v) is 7.40. The summed E-state index contributed by atoms with van der Waals surface area (Å²) in [6.45, 7) is 5.33. The van der Waals surface area contributed by atoms with Crippen molar-refractivity contribution in [1.82, 2.24) is 4.90 Å². The van der Waals surface area contributed by atoms with E-state index in [9.17, 15) is 4.79 Å². The van der Waals surface area contributed by atoms with Gasteiger partial charge in [0.2, 0.25) is 5.91 Å². The van der Waals surface area contributed by atoms with Crippen molar-refractivity contribution in [3.63, 3.8) is 0 Å². The fraction of sp³-hybridized carbons (Fsp3) is 0.500. The van der Waals surface area contributed by atoms with Crippen molar-refractivity contribution < 1.29 is 9.21 Å². The van der Waals surface area contributed by atoms with E-state index in [0.717, 1.165) is 37.4 Å². The number of allylic oxidation sites excluding steroid dienone is 1. The minimum Gasteiger partial charge on any atom is -0.468 e. The quantitative estimate of drug-likeness (QED) is 0.784. The molecule has 0 N–H and O–H groups in total. The molecule has 0 spiro atoms. The van der Waals surface area contributed by atoms with Crippen molar-refractivity contribution in [2.24, 2.45) is 0 Å². The summed E-state index contributed by atoms with van der Waals surface area (Å²) in [5.41, 5.74) is 0. The maximum atomic E-state index is 11.9. The molecule has 0 aromatic carbocycles. The van der Waals surface area contributed by atoms with Crippen LogP contribution in [0.2, 0.25) is 0 Å². The Labute approximate surface area is 112 Å². The van der Waals surface area contributed by atoms with Crippen LogP contribution in [0.25, 0.3) is 0 Å². The first kappa shape index (κ1) is 13.3. The molecule has 1 amide bonds. The number of furan rings is 1. The summed E-state index contributed by atoms with van der Waals surface area (Å²) in [6.07, 6.45) is 5.84. The number of carbonyl (C=O) groups excluding carboxylic acids is 1. The molecule has 1 saturated heterocycles. The Morgan fingerprint density at radius 3 is 3.22 bits per heavy atom. The first-order chi connectivity index (χ1) is 8.81. The molecule has 18 heavy (non-hydrogen) atoms. The Hall–Kier alpha value is -1.16. The van der Waals surface area contributed by atoms with E-state index in [4.69, 9.17) is 4.42 Å². The number of amides is 1. The molecule has 3 nitrogen and oxygen atoms in total. The lowest BCUT2D eigenvalue weighted by Crippen LogP contribution is -2.32. The lowest BCUT2D eigenvalue weighted by Gasteiger charge is -2.19. The van der Waals surface area contributed by atoms with Crippen molar-refractivity contribution in [3.8, 4) is 0 Å². The van der Waals surface area contributed by atoms with Gasteiger partial charge in [-0.2, -0.15) is 0 Å². The van der Waals surface area contributed by atoms with Gasteiger partial charge in [0, 0.05) is 25.3 Å². The van der Waals surface area contributed by atoms with Gasteiger partial charge in [-0.05, 0) is 25.0 Å². The predicted molar refractivity (Wildman–Crippen MR) is 74.5 cm³/mol. The molecular weight excluding hydrogens is 246 g/mol. The van der Waals surface area contributed by atoms with Gasteiger partial charge in [-0.1, -0.05) is 6.08 Å². The highest BCUT2D eigenvalue weighted by Crippen LogP contribution is 2.34. The second-order valence-electron chi connectivity index (χ2n) is 4.37. The van der Waals surface area contributed by atoms with E-state index in [0.29, 0.717) is 11.7 Å². The molecule has 0 unspecified atom stereocenters. The third kappa shape index (κ3) is 3.42. The summed E-state index contributed by atoms with van der Waals surface area (Å²) >= 11 is 1.88. The fourth-order valence-corrected chi connectivity index (χ4v) is 3.29. The van der Waals surface area contributed by atoms with Crippen LogP contribution in [0.5, 0.6) is 0 Å². The third-order valence-corrected chi connectivity index (χ3v) is 4.41. The SMILES string of the molecule is C=CCCC(=O)N1CCS[C@@H](c2ccco2)CC1. The number of hydrogen-bond acceptors (Lipinski definition) is 3. The normalized spacial score (nSPS) is 20.4. The molecule has 0 saturated carbocycles. The molecule has 1 aromatic rings. The zero-order chi connectivity index (χ0) is 12.8. The average Bonchev–Trinajstić information content (AvgIpc) is 2.80. The van der Waals surface area contributed by atoms with Crippen LogP contribution in [-0.2, 0) is 4.79 Å². The van der Waals surface area contributed by atoms with Crippen LogP contribution in [-0.4, -0.2) is 29.6 Å². The largest absolute Gasteiger partial charge is 0.468 e. The fourth-order valence-electron chi connectivity index (χ4n) is 2.11. The topological polar surface area (TPSA) is 33.5 Å². The number of carbonyl (C=O) groups is 1. The van der Waals surface area contributed by atoms with Gasteiger partial charge in [0.1, 0.15) is 5.76 Å². The molecule has 0 aliphatic carbocycles. The Morgan fingerprint density at radius 2 is 2.50 bits per heavy atom. The van der Waals surface area contributed by atoms with Gasteiger partial charge in [-0.3, -0.25) is 4.79 Å². The highest BCUT2D eigenvalue weighted by Gasteiger charge is 2.22. The molecule has 1 aliphatic rings. The Balaban J connectivity index is 1.88. The molecule has 0 bridgehead atoms. The van der Waals surface area contributed by atoms with Gasteiger partial charge < -0.3 is 9.32 Å². The van der Waals surface area contributed by atoms with E-state index in [2.05, 4.69) is 6.58 Å². The third-order valence-electron chi connectivity index (χ3n) is 3.12. The second-order valence-corrected chi connectivity index (χ2v) is 5.68. The van der Waals surface area contributed by atoms with Crippen LogP contribution in [0.4, 0.5) is 0 Å². The van der Waals surface area contributed by atoms with Gasteiger partial charge in [-0.25, -0.2) is 0 Å². The zero-order valence-corrected chi connectivity index (χ0v) is 11.3. The van der Waals surface area contributed by atoms with Crippen molar-refractivity contribution >= 4 is 17.7 Å². The molecule has 98 valence electrons. The molecule has 1 atom stereocenters. The summed E-state index contributed by atoms with van der Waals surface area (Å²) in [6, 6.07) is 3.95. The molecule has 1 aliphatic heterocycles. The Morgan fingerprint density at radius 1 is 1.61 bits per heavy atom. The van der Waals surface area contributed by atoms with E-state index in [1.54, 1.807) is 12.3 Å². The number of nitrogens with zero attached hydrogens (tertiary/aromatic N) is 1. The molecular formula is C14H19NO2S. The van der Waals surface area contributed by atoms with Crippen LogP contribution >= 0.6 is 11.8 Å². The second kappa shape index (κ2) is 6.69. The summed E-state index contributed by atoms with van der Waals surface area (Å²) in [7, 11) is 0. The highest BCUT2D eigenvalue weighted by atomic mass is 32.2. The van der Waals surface area contributed by atoms with Crippen LogP contribution in [0.1, 0.15) is 30.3 Å². The zero-order valence-electron chi connectivity index (χ0n) is 10.5. The van der Waals surface area contributed by atoms with Crippen molar-refractivity contribution in [2.75, 3.05) is 18.8 Å². The van der Waals surface area contributed by atoms with E-state index in [1.165, 1.54) is 0 Å². The molecule has 4 heteroatoms. The van der Waals surface area contributed by atoms with E-state index >= 15 is 0 Å².